The lowest BCUT2D eigenvalue weighted by Gasteiger charge is -2.29. The molecule has 1 saturated carbocycles. The summed E-state index contributed by atoms with van der Waals surface area (Å²) in [6.07, 6.45) is 4.36. The number of nitrogens with zero attached hydrogens (tertiary/aromatic N) is 2. The Hall–Kier alpha value is -3.49. The van der Waals surface area contributed by atoms with E-state index in [1.165, 1.54) is 4.90 Å². The predicted octanol–water partition coefficient (Wildman–Crippen LogP) is 1.30. The van der Waals surface area contributed by atoms with Gasteiger partial charge in [-0.05, 0) is 48.9 Å². The highest BCUT2D eigenvalue weighted by Gasteiger charge is 2.39. The molecule has 9 heteroatoms. The highest BCUT2D eigenvalue weighted by molar-refractivity contribution is 6.07. The van der Waals surface area contributed by atoms with Gasteiger partial charge in [0, 0.05) is 29.8 Å². The van der Waals surface area contributed by atoms with Gasteiger partial charge >= 0.3 is 0 Å². The first-order valence-electron chi connectivity index (χ1n) is 9.63. The van der Waals surface area contributed by atoms with Gasteiger partial charge in [0.25, 0.3) is 11.8 Å². The second-order valence-corrected chi connectivity index (χ2v) is 7.70. The molecule has 1 atom stereocenters. The molecule has 2 aromatic rings. The van der Waals surface area contributed by atoms with E-state index in [2.05, 4.69) is 20.8 Å². The van der Waals surface area contributed by atoms with E-state index in [1.54, 1.807) is 24.4 Å². The van der Waals surface area contributed by atoms with E-state index >= 15 is 0 Å². The molecule has 1 aromatic heterocycles. The molecular weight excluding hydrogens is 374 g/mol. The standard InChI is InChI=1S/C20H19N5O4/c26-16-6-5-15(18(27)23-16)25-9-11-7-12(3-4-13(11)20(25)29)22-19(28)17-14(8-21-24-17)10-1-2-10/h3-4,7-8,10,15H,1-2,5-6,9H2,(H,21,24)(H,22,28)(H,23,26,27). The van der Waals surface area contributed by atoms with Gasteiger partial charge in [-0.2, -0.15) is 5.10 Å². The van der Waals surface area contributed by atoms with Crippen LogP contribution < -0.4 is 10.6 Å². The third-order valence-corrected chi connectivity index (χ3v) is 5.69. The Bertz CT molecular complexity index is 1050. The lowest BCUT2D eigenvalue weighted by molar-refractivity contribution is -0.136. The molecule has 29 heavy (non-hydrogen) atoms. The maximum Gasteiger partial charge on any atom is 0.273 e. The van der Waals surface area contributed by atoms with Crippen molar-refractivity contribution in [1.82, 2.24) is 20.4 Å². The number of carbonyl (C=O) groups excluding carboxylic acids is 4. The average Bonchev–Trinajstić information content (AvgIpc) is 3.32. The summed E-state index contributed by atoms with van der Waals surface area (Å²) in [6.45, 7) is 0.265. The normalized spacial score (nSPS) is 21.2. The van der Waals surface area contributed by atoms with Crippen molar-refractivity contribution in [2.24, 2.45) is 0 Å². The number of nitrogens with one attached hydrogen (secondary N) is 3. The van der Waals surface area contributed by atoms with E-state index in [1.807, 2.05) is 0 Å². The molecule has 1 aliphatic carbocycles. The lowest BCUT2D eigenvalue weighted by Crippen LogP contribution is -2.52. The number of amides is 4. The molecule has 1 unspecified atom stereocenters. The van der Waals surface area contributed by atoms with Crippen molar-refractivity contribution in [2.75, 3.05) is 5.32 Å². The molecule has 5 rings (SSSR count). The fourth-order valence-corrected chi connectivity index (χ4v) is 4.03. The number of H-pyrrole nitrogens is 1. The van der Waals surface area contributed by atoms with Crippen molar-refractivity contribution in [2.45, 2.75) is 44.2 Å². The molecule has 1 aromatic carbocycles. The summed E-state index contributed by atoms with van der Waals surface area (Å²) in [4.78, 5) is 50.3. The summed E-state index contributed by atoms with van der Waals surface area (Å²) < 4.78 is 0. The van der Waals surface area contributed by atoms with Crippen LogP contribution in [0.3, 0.4) is 0 Å². The summed E-state index contributed by atoms with van der Waals surface area (Å²) in [5.74, 6) is -0.866. The predicted molar refractivity (Wildman–Crippen MR) is 101 cm³/mol. The zero-order valence-corrected chi connectivity index (χ0v) is 15.5. The number of anilines is 1. The largest absolute Gasteiger partial charge is 0.322 e. The molecule has 148 valence electrons. The van der Waals surface area contributed by atoms with E-state index in [-0.39, 0.29) is 30.7 Å². The van der Waals surface area contributed by atoms with Crippen LogP contribution in [0.15, 0.2) is 24.4 Å². The second kappa shape index (κ2) is 6.54. The highest BCUT2D eigenvalue weighted by atomic mass is 16.2. The van der Waals surface area contributed by atoms with Crippen LogP contribution in [0.1, 0.15) is 63.6 Å². The van der Waals surface area contributed by atoms with E-state index < -0.39 is 11.9 Å². The average molecular weight is 393 g/mol. The van der Waals surface area contributed by atoms with Crippen molar-refractivity contribution in [1.29, 1.82) is 0 Å². The van der Waals surface area contributed by atoms with Gasteiger partial charge in [0.1, 0.15) is 11.7 Å². The Balaban J connectivity index is 1.33. The SMILES string of the molecule is O=C1CCC(N2Cc3cc(NC(=O)c4[nH]ncc4C4CC4)ccc3C2=O)C(=O)N1. The zero-order chi connectivity index (χ0) is 20.1. The maximum absolute atomic E-state index is 12.7. The Kier molecular flexibility index (Phi) is 3.97. The Morgan fingerprint density at radius 1 is 1.17 bits per heavy atom. The first-order chi connectivity index (χ1) is 14.0. The first kappa shape index (κ1) is 17.6. The number of carbonyl (C=O) groups is 4. The highest BCUT2D eigenvalue weighted by Crippen LogP contribution is 2.41. The van der Waals surface area contributed by atoms with E-state index in [9.17, 15) is 19.2 Å². The topological polar surface area (TPSA) is 124 Å². The molecule has 0 spiro atoms. The first-order valence-corrected chi connectivity index (χ1v) is 9.63. The monoisotopic (exact) mass is 393 g/mol. The fourth-order valence-electron chi connectivity index (χ4n) is 4.03. The van der Waals surface area contributed by atoms with Crippen molar-refractivity contribution in [3.8, 4) is 0 Å². The minimum atomic E-state index is -0.656. The van der Waals surface area contributed by atoms with Crippen LogP contribution in [0.25, 0.3) is 0 Å². The quantitative estimate of drug-likeness (QED) is 0.676. The molecule has 1 saturated heterocycles. The van der Waals surface area contributed by atoms with Crippen LogP contribution in [0.4, 0.5) is 5.69 Å². The van der Waals surface area contributed by atoms with Gasteiger partial charge in [0.2, 0.25) is 11.8 Å². The summed E-state index contributed by atoms with van der Waals surface area (Å²) in [7, 11) is 0. The molecule has 3 N–H and O–H groups in total. The van der Waals surface area contributed by atoms with Crippen LogP contribution in [0, 0.1) is 0 Å². The third-order valence-electron chi connectivity index (χ3n) is 5.69. The number of fused-ring (bicyclic) bond motifs is 1. The number of benzene rings is 1. The van der Waals surface area contributed by atoms with Crippen LogP contribution in [-0.2, 0) is 16.1 Å². The van der Waals surface area contributed by atoms with E-state index in [0.717, 1.165) is 24.0 Å². The van der Waals surface area contributed by atoms with E-state index in [4.69, 9.17) is 0 Å². The lowest BCUT2D eigenvalue weighted by atomic mass is 10.0. The summed E-state index contributed by atoms with van der Waals surface area (Å²) >= 11 is 0. The van der Waals surface area contributed by atoms with Gasteiger partial charge in [0.05, 0.1) is 6.20 Å². The number of piperidine rings is 1. The molecular formula is C20H19N5O4. The fraction of sp³-hybridized carbons (Fsp3) is 0.350. The van der Waals surface area contributed by atoms with Gasteiger partial charge < -0.3 is 10.2 Å². The zero-order valence-electron chi connectivity index (χ0n) is 15.5. The number of hydrogen-bond acceptors (Lipinski definition) is 5. The molecule has 3 heterocycles. The number of imide groups is 1. The van der Waals surface area contributed by atoms with Crippen molar-refractivity contribution >= 4 is 29.3 Å². The molecule has 2 aliphatic heterocycles. The number of hydrogen-bond donors (Lipinski definition) is 3. The van der Waals surface area contributed by atoms with Gasteiger partial charge in [-0.3, -0.25) is 29.6 Å². The Morgan fingerprint density at radius 3 is 2.76 bits per heavy atom. The molecule has 0 bridgehead atoms. The van der Waals surface area contributed by atoms with Crippen molar-refractivity contribution in [3.05, 3.63) is 46.8 Å². The minimum absolute atomic E-state index is 0.214. The molecule has 3 aliphatic rings. The Morgan fingerprint density at radius 2 is 2.00 bits per heavy atom. The molecule has 9 nitrogen and oxygen atoms in total. The summed E-state index contributed by atoms with van der Waals surface area (Å²) in [5, 5.41) is 11.9. The smallest absolute Gasteiger partial charge is 0.273 e. The van der Waals surface area contributed by atoms with Crippen LogP contribution >= 0.6 is 0 Å². The number of aromatic amines is 1. The van der Waals surface area contributed by atoms with Gasteiger partial charge in [-0.15, -0.1) is 0 Å². The van der Waals surface area contributed by atoms with Crippen LogP contribution in [-0.4, -0.2) is 44.8 Å². The Labute approximate surface area is 165 Å². The number of aromatic nitrogens is 2. The number of rotatable bonds is 4. The molecule has 0 radical (unpaired) electrons. The van der Waals surface area contributed by atoms with Crippen LogP contribution in [0.2, 0.25) is 0 Å². The van der Waals surface area contributed by atoms with Crippen molar-refractivity contribution in [3.63, 3.8) is 0 Å². The van der Waals surface area contributed by atoms with Gasteiger partial charge in [0.15, 0.2) is 0 Å². The molecule has 2 fully saturated rings. The summed E-state index contributed by atoms with van der Waals surface area (Å²) in [5.41, 5.74) is 3.22. The van der Waals surface area contributed by atoms with Gasteiger partial charge in [-0.25, -0.2) is 0 Å². The van der Waals surface area contributed by atoms with Gasteiger partial charge in [-0.1, -0.05) is 0 Å². The molecule has 4 amide bonds. The summed E-state index contributed by atoms with van der Waals surface area (Å²) in [6, 6.07) is 4.44. The second-order valence-electron chi connectivity index (χ2n) is 7.70. The van der Waals surface area contributed by atoms with Crippen LogP contribution in [0.5, 0.6) is 0 Å². The third kappa shape index (κ3) is 3.08. The maximum atomic E-state index is 12.7. The van der Waals surface area contributed by atoms with E-state index in [0.29, 0.717) is 29.3 Å². The minimum Gasteiger partial charge on any atom is -0.322 e. The van der Waals surface area contributed by atoms with Crippen molar-refractivity contribution < 1.29 is 19.2 Å².